The first-order chi connectivity index (χ1) is 10.1. The fourth-order valence-electron chi connectivity index (χ4n) is 2.52. The van der Waals surface area contributed by atoms with Gasteiger partial charge >= 0.3 is 0 Å². The maximum atomic E-state index is 12.3. The van der Waals surface area contributed by atoms with Gasteiger partial charge in [0.1, 0.15) is 6.61 Å². The molecule has 0 unspecified atom stereocenters. The van der Waals surface area contributed by atoms with Gasteiger partial charge in [-0.15, -0.1) is 0 Å². The standard InChI is InChI=1S/C17H21NO3/c1-12-4-5-14(11-13(12)3-2-10-19)17(21)18-15-6-8-16(20)9-7-15/h4-5,11,15-16,19-20H,6-10H2,1H3,(H,18,21). The Labute approximate surface area is 125 Å². The molecule has 1 aliphatic rings. The van der Waals surface area contributed by atoms with Gasteiger partial charge in [-0.25, -0.2) is 0 Å². The number of nitrogens with one attached hydrogen (secondary N) is 1. The summed E-state index contributed by atoms with van der Waals surface area (Å²) < 4.78 is 0. The Morgan fingerprint density at radius 1 is 1.33 bits per heavy atom. The molecule has 0 aromatic heterocycles. The van der Waals surface area contributed by atoms with Crippen molar-refractivity contribution < 1.29 is 15.0 Å². The molecular weight excluding hydrogens is 266 g/mol. The van der Waals surface area contributed by atoms with Crippen LogP contribution in [0.5, 0.6) is 0 Å². The molecule has 21 heavy (non-hydrogen) atoms. The second kappa shape index (κ2) is 7.26. The highest BCUT2D eigenvalue weighted by Crippen LogP contribution is 2.19. The van der Waals surface area contributed by atoms with Gasteiger partial charge in [0.05, 0.1) is 6.10 Å². The van der Waals surface area contributed by atoms with E-state index in [0.717, 1.165) is 36.8 Å². The number of carbonyl (C=O) groups excluding carboxylic acids is 1. The fraction of sp³-hybridized carbons (Fsp3) is 0.471. The zero-order chi connectivity index (χ0) is 15.2. The number of hydrogen-bond donors (Lipinski definition) is 3. The average molecular weight is 287 g/mol. The van der Waals surface area contributed by atoms with E-state index in [9.17, 15) is 9.90 Å². The van der Waals surface area contributed by atoms with Crippen LogP contribution in [0, 0.1) is 18.8 Å². The maximum absolute atomic E-state index is 12.3. The minimum atomic E-state index is -0.224. The second-order valence-corrected chi connectivity index (χ2v) is 5.47. The molecule has 0 aliphatic heterocycles. The van der Waals surface area contributed by atoms with Gasteiger partial charge in [0.2, 0.25) is 0 Å². The Kier molecular flexibility index (Phi) is 5.38. The van der Waals surface area contributed by atoms with Gasteiger partial charge < -0.3 is 15.5 Å². The van der Waals surface area contributed by atoms with Crippen molar-refractivity contribution in [2.24, 2.45) is 0 Å². The summed E-state index contributed by atoms with van der Waals surface area (Å²) in [5, 5.41) is 21.3. The van der Waals surface area contributed by atoms with Crippen molar-refractivity contribution in [3.63, 3.8) is 0 Å². The number of aliphatic hydroxyl groups is 2. The van der Waals surface area contributed by atoms with Crippen molar-refractivity contribution in [1.29, 1.82) is 0 Å². The van der Waals surface area contributed by atoms with Crippen molar-refractivity contribution in [3.8, 4) is 11.8 Å². The van der Waals surface area contributed by atoms with E-state index in [2.05, 4.69) is 17.2 Å². The molecule has 0 bridgehead atoms. The van der Waals surface area contributed by atoms with Crippen LogP contribution in [0.3, 0.4) is 0 Å². The smallest absolute Gasteiger partial charge is 0.251 e. The van der Waals surface area contributed by atoms with Crippen molar-refractivity contribution in [3.05, 3.63) is 34.9 Å². The molecule has 2 rings (SSSR count). The van der Waals surface area contributed by atoms with Crippen LogP contribution in [0.25, 0.3) is 0 Å². The number of rotatable bonds is 2. The average Bonchev–Trinajstić information content (AvgIpc) is 2.48. The normalized spacial score (nSPS) is 21.3. The molecule has 112 valence electrons. The van der Waals surface area contributed by atoms with Crippen LogP contribution in [-0.2, 0) is 0 Å². The number of amides is 1. The summed E-state index contributed by atoms with van der Waals surface area (Å²) in [6.45, 7) is 1.73. The van der Waals surface area contributed by atoms with Crippen molar-refractivity contribution in [2.75, 3.05) is 6.61 Å². The molecule has 4 heteroatoms. The van der Waals surface area contributed by atoms with Crippen LogP contribution in [0.2, 0.25) is 0 Å². The minimum absolute atomic E-state index is 0.108. The molecule has 0 saturated heterocycles. The van der Waals surface area contributed by atoms with E-state index in [4.69, 9.17) is 5.11 Å². The summed E-state index contributed by atoms with van der Waals surface area (Å²) in [6, 6.07) is 5.53. The van der Waals surface area contributed by atoms with E-state index in [-0.39, 0.29) is 24.7 Å². The quantitative estimate of drug-likeness (QED) is 0.720. The summed E-state index contributed by atoms with van der Waals surface area (Å²) in [5.41, 5.74) is 2.32. The third kappa shape index (κ3) is 4.32. The Balaban J connectivity index is 2.05. The van der Waals surface area contributed by atoms with E-state index < -0.39 is 0 Å². The highest BCUT2D eigenvalue weighted by atomic mass is 16.3. The first-order valence-corrected chi connectivity index (χ1v) is 7.29. The SMILES string of the molecule is Cc1ccc(C(=O)NC2CCC(O)CC2)cc1C#CCO. The summed E-state index contributed by atoms with van der Waals surface area (Å²) >= 11 is 0. The number of aryl methyl sites for hydroxylation is 1. The zero-order valence-corrected chi connectivity index (χ0v) is 12.2. The lowest BCUT2D eigenvalue weighted by Gasteiger charge is -2.26. The van der Waals surface area contributed by atoms with Crippen LogP contribution in [-0.4, -0.2) is 34.9 Å². The highest BCUT2D eigenvalue weighted by molar-refractivity contribution is 5.94. The summed E-state index contributed by atoms with van der Waals surface area (Å²) in [5.74, 6) is 5.35. The number of hydrogen-bond acceptors (Lipinski definition) is 3. The summed E-state index contributed by atoms with van der Waals surface area (Å²) in [4.78, 5) is 12.3. The zero-order valence-electron chi connectivity index (χ0n) is 12.2. The number of benzene rings is 1. The van der Waals surface area contributed by atoms with Gasteiger partial charge in [0.15, 0.2) is 0 Å². The van der Waals surface area contributed by atoms with Crippen molar-refractivity contribution in [1.82, 2.24) is 5.32 Å². The van der Waals surface area contributed by atoms with E-state index in [1.165, 1.54) is 0 Å². The van der Waals surface area contributed by atoms with Crippen LogP contribution >= 0.6 is 0 Å². The van der Waals surface area contributed by atoms with E-state index in [1.807, 2.05) is 13.0 Å². The van der Waals surface area contributed by atoms with Crippen LogP contribution in [0.4, 0.5) is 0 Å². The largest absolute Gasteiger partial charge is 0.393 e. The Bertz CT molecular complexity index is 563. The van der Waals surface area contributed by atoms with Crippen LogP contribution < -0.4 is 5.32 Å². The minimum Gasteiger partial charge on any atom is -0.393 e. The molecule has 1 amide bonds. The number of carbonyl (C=O) groups is 1. The molecule has 1 aromatic rings. The lowest BCUT2D eigenvalue weighted by Crippen LogP contribution is -2.38. The molecule has 3 N–H and O–H groups in total. The van der Waals surface area contributed by atoms with Gasteiger partial charge in [0, 0.05) is 17.2 Å². The predicted octanol–water partition coefficient (Wildman–Crippen LogP) is 1.37. The molecular formula is C17H21NO3. The molecule has 0 heterocycles. The van der Waals surface area contributed by atoms with Crippen LogP contribution in [0.1, 0.15) is 47.2 Å². The van der Waals surface area contributed by atoms with E-state index in [0.29, 0.717) is 5.56 Å². The van der Waals surface area contributed by atoms with Gasteiger partial charge in [-0.1, -0.05) is 17.9 Å². The van der Waals surface area contributed by atoms with E-state index >= 15 is 0 Å². The molecule has 1 aliphatic carbocycles. The third-order valence-corrected chi connectivity index (χ3v) is 3.83. The maximum Gasteiger partial charge on any atom is 0.251 e. The van der Waals surface area contributed by atoms with E-state index in [1.54, 1.807) is 12.1 Å². The first kappa shape index (κ1) is 15.6. The van der Waals surface area contributed by atoms with Gasteiger partial charge in [-0.2, -0.15) is 0 Å². The topological polar surface area (TPSA) is 69.6 Å². The van der Waals surface area contributed by atoms with Gasteiger partial charge in [-0.05, 0) is 50.3 Å². The molecule has 1 fully saturated rings. The summed E-state index contributed by atoms with van der Waals surface area (Å²) in [7, 11) is 0. The number of aliphatic hydroxyl groups excluding tert-OH is 2. The molecule has 0 spiro atoms. The van der Waals surface area contributed by atoms with Gasteiger partial charge in [0.25, 0.3) is 5.91 Å². The van der Waals surface area contributed by atoms with Gasteiger partial charge in [-0.3, -0.25) is 4.79 Å². The predicted molar refractivity (Wildman–Crippen MR) is 80.9 cm³/mol. The third-order valence-electron chi connectivity index (χ3n) is 3.83. The second-order valence-electron chi connectivity index (χ2n) is 5.47. The van der Waals surface area contributed by atoms with Crippen molar-refractivity contribution in [2.45, 2.75) is 44.8 Å². The molecule has 1 saturated carbocycles. The molecule has 0 radical (unpaired) electrons. The molecule has 4 nitrogen and oxygen atoms in total. The monoisotopic (exact) mass is 287 g/mol. The Morgan fingerprint density at radius 2 is 2.05 bits per heavy atom. The Morgan fingerprint density at radius 3 is 2.71 bits per heavy atom. The lowest BCUT2D eigenvalue weighted by atomic mass is 9.93. The Hall–Kier alpha value is -1.83. The lowest BCUT2D eigenvalue weighted by molar-refractivity contribution is 0.0867. The highest BCUT2D eigenvalue weighted by Gasteiger charge is 2.21. The summed E-state index contributed by atoms with van der Waals surface area (Å²) in [6.07, 6.45) is 2.89. The van der Waals surface area contributed by atoms with Crippen molar-refractivity contribution >= 4 is 5.91 Å². The first-order valence-electron chi connectivity index (χ1n) is 7.29. The molecule has 0 atom stereocenters. The van der Waals surface area contributed by atoms with Crippen LogP contribution in [0.15, 0.2) is 18.2 Å². The molecule has 1 aromatic carbocycles. The fourth-order valence-corrected chi connectivity index (χ4v) is 2.52.